The standard InChI is InChI=1S/C15H14FN/c1-9(2)13-8-15(17-11(13)4)12-6-5-10(3)14(16)7-12/h5-8H,1,4H2,2-3H3. The monoisotopic (exact) mass is 227 g/mol. The van der Waals surface area contributed by atoms with Gasteiger partial charge in [-0.2, -0.15) is 0 Å². The summed E-state index contributed by atoms with van der Waals surface area (Å²) in [7, 11) is 0. The Morgan fingerprint density at radius 3 is 2.59 bits per heavy atom. The van der Waals surface area contributed by atoms with E-state index in [1.165, 1.54) is 6.07 Å². The molecule has 1 aliphatic rings. The average molecular weight is 227 g/mol. The van der Waals surface area contributed by atoms with Gasteiger partial charge in [-0.15, -0.1) is 0 Å². The maximum absolute atomic E-state index is 13.5. The van der Waals surface area contributed by atoms with Crippen molar-refractivity contribution < 1.29 is 4.39 Å². The van der Waals surface area contributed by atoms with E-state index < -0.39 is 0 Å². The predicted molar refractivity (Wildman–Crippen MR) is 69.7 cm³/mol. The number of nitrogens with zero attached hydrogens (tertiary/aromatic N) is 1. The zero-order chi connectivity index (χ0) is 12.6. The fourth-order valence-electron chi connectivity index (χ4n) is 1.73. The summed E-state index contributed by atoms with van der Waals surface area (Å²) in [6.07, 6.45) is 1.90. The van der Waals surface area contributed by atoms with Crippen molar-refractivity contribution in [2.24, 2.45) is 4.99 Å². The van der Waals surface area contributed by atoms with Crippen LogP contribution < -0.4 is 0 Å². The summed E-state index contributed by atoms with van der Waals surface area (Å²) >= 11 is 0. The number of rotatable bonds is 2. The molecule has 2 rings (SSSR count). The Labute approximate surface area is 101 Å². The van der Waals surface area contributed by atoms with Crippen LogP contribution in [0.3, 0.4) is 0 Å². The van der Waals surface area contributed by atoms with E-state index in [0.717, 1.165) is 22.4 Å². The van der Waals surface area contributed by atoms with Gasteiger partial charge in [-0.1, -0.05) is 25.3 Å². The Bertz CT molecular complexity index is 577. The molecule has 0 aromatic heterocycles. The third kappa shape index (κ3) is 2.11. The predicted octanol–water partition coefficient (Wildman–Crippen LogP) is 3.95. The second-order valence-electron chi connectivity index (χ2n) is 4.25. The lowest BCUT2D eigenvalue weighted by Gasteiger charge is -2.00. The summed E-state index contributed by atoms with van der Waals surface area (Å²) in [4.78, 5) is 4.33. The number of hydrogen-bond acceptors (Lipinski definition) is 1. The summed E-state index contributed by atoms with van der Waals surface area (Å²) < 4.78 is 13.5. The Morgan fingerprint density at radius 1 is 1.35 bits per heavy atom. The van der Waals surface area contributed by atoms with Crippen molar-refractivity contribution in [1.29, 1.82) is 0 Å². The lowest BCUT2D eigenvalue weighted by atomic mass is 10.0. The van der Waals surface area contributed by atoms with Crippen LogP contribution >= 0.6 is 0 Å². The van der Waals surface area contributed by atoms with Crippen LogP contribution in [0.25, 0.3) is 0 Å². The van der Waals surface area contributed by atoms with Crippen molar-refractivity contribution in [3.05, 3.63) is 71.2 Å². The van der Waals surface area contributed by atoms with Crippen LogP contribution in [-0.2, 0) is 0 Å². The smallest absolute Gasteiger partial charge is 0.126 e. The fraction of sp³-hybridized carbons (Fsp3) is 0.133. The zero-order valence-electron chi connectivity index (χ0n) is 10.0. The van der Waals surface area contributed by atoms with E-state index >= 15 is 0 Å². The second-order valence-corrected chi connectivity index (χ2v) is 4.25. The Kier molecular flexibility index (Phi) is 2.80. The number of halogens is 1. The van der Waals surface area contributed by atoms with Crippen LogP contribution in [0.4, 0.5) is 4.39 Å². The molecule has 0 radical (unpaired) electrons. The fourth-order valence-corrected chi connectivity index (χ4v) is 1.73. The van der Waals surface area contributed by atoms with Crippen molar-refractivity contribution in [2.75, 3.05) is 0 Å². The first-order chi connectivity index (χ1) is 7.99. The molecule has 17 heavy (non-hydrogen) atoms. The molecule has 1 aromatic carbocycles. The molecule has 0 fully saturated rings. The number of hydrogen-bond donors (Lipinski definition) is 0. The summed E-state index contributed by atoms with van der Waals surface area (Å²) in [5, 5.41) is 0. The molecular weight excluding hydrogens is 213 g/mol. The number of aryl methyl sites for hydroxylation is 1. The maximum Gasteiger partial charge on any atom is 0.126 e. The third-order valence-electron chi connectivity index (χ3n) is 2.77. The number of allylic oxidation sites excluding steroid dienone is 2. The minimum atomic E-state index is -0.215. The highest BCUT2D eigenvalue weighted by Crippen LogP contribution is 2.26. The molecule has 0 unspecified atom stereocenters. The van der Waals surface area contributed by atoms with Gasteiger partial charge in [0.25, 0.3) is 0 Å². The molecule has 0 aliphatic carbocycles. The Balaban J connectivity index is 2.43. The molecule has 0 atom stereocenters. The zero-order valence-corrected chi connectivity index (χ0v) is 10.0. The van der Waals surface area contributed by atoms with Crippen LogP contribution in [0, 0.1) is 12.7 Å². The Hall–Kier alpha value is -1.96. The van der Waals surface area contributed by atoms with E-state index in [0.29, 0.717) is 11.3 Å². The van der Waals surface area contributed by atoms with Gasteiger partial charge in [0.1, 0.15) is 5.82 Å². The van der Waals surface area contributed by atoms with Crippen molar-refractivity contribution in [2.45, 2.75) is 13.8 Å². The van der Waals surface area contributed by atoms with Gasteiger partial charge in [0.05, 0.1) is 11.4 Å². The molecule has 86 valence electrons. The highest BCUT2D eigenvalue weighted by atomic mass is 19.1. The molecule has 0 saturated heterocycles. The molecule has 0 spiro atoms. The molecule has 0 N–H and O–H groups in total. The molecule has 0 bridgehead atoms. The van der Waals surface area contributed by atoms with Crippen molar-refractivity contribution in [3.63, 3.8) is 0 Å². The first-order valence-corrected chi connectivity index (χ1v) is 5.41. The van der Waals surface area contributed by atoms with Crippen molar-refractivity contribution >= 4 is 5.71 Å². The van der Waals surface area contributed by atoms with Crippen molar-refractivity contribution in [3.8, 4) is 0 Å². The SMILES string of the molecule is C=C(C)C1=CC(c2ccc(C)c(F)c2)=NC1=C. The van der Waals surface area contributed by atoms with Crippen LogP contribution in [0.1, 0.15) is 18.1 Å². The van der Waals surface area contributed by atoms with E-state index in [1.807, 2.05) is 19.1 Å². The van der Waals surface area contributed by atoms with Gasteiger partial charge in [-0.25, -0.2) is 9.38 Å². The van der Waals surface area contributed by atoms with Gasteiger partial charge < -0.3 is 0 Å². The highest BCUT2D eigenvalue weighted by Gasteiger charge is 2.15. The minimum Gasteiger partial charge on any atom is -0.248 e. The molecule has 1 heterocycles. The van der Waals surface area contributed by atoms with Gasteiger partial charge >= 0.3 is 0 Å². The lowest BCUT2D eigenvalue weighted by Crippen LogP contribution is -1.96. The topological polar surface area (TPSA) is 12.4 Å². The van der Waals surface area contributed by atoms with Crippen LogP contribution in [0.2, 0.25) is 0 Å². The summed E-state index contributed by atoms with van der Waals surface area (Å²) in [5.74, 6) is -0.215. The van der Waals surface area contributed by atoms with Crippen LogP contribution in [0.15, 0.2) is 59.3 Å². The molecule has 1 aromatic rings. The largest absolute Gasteiger partial charge is 0.248 e. The van der Waals surface area contributed by atoms with Crippen LogP contribution in [-0.4, -0.2) is 5.71 Å². The molecule has 1 nitrogen and oxygen atoms in total. The van der Waals surface area contributed by atoms with E-state index in [-0.39, 0.29) is 5.82 Å². The average Bonchev–Trinajstić information content (AvgIpc) is 2.64. The normalized spacial score (nSPS) is 14.6. The van der Waals surface area contributed by atoms with Gasteiger partial charge in [-0.05, 0) is 37.1 Å². The van der Waals surface area contributed by atoms with Crippen LogP contribution in [0.5, 0.6) is 0 Å². The first-order valence-electron chi connectivity index (χ1n) is 5.41. The van der Waals surface area contributed by atoms with E-state index in [1.54, 1.807) is 13.0 Å². The second kappa shape index (κ2) is 4.13. The summed E-state index contributed by atoms with van der Waals surface area (Å²) in [5.41, 5.74) is 4.68. The summed E-state index contributed by atoms with van der Waals surface area (Å²) in [6.45, 7) is 11.4. The van der Waals surface area contributed by atoms with E-state index in [9.17, 15) is 4.39 Å². The summed E-state index contributed by atoms with van der Waals surface area (Å²) in [6, 6.07) is 5.12. The lowest BCUT2D eigenvalue weighted by molar-refractivity contribution is 0.618. The van der Waals surface area contributed by atoms with Gasteiger partial charge in [0.15, 0.2) is 0 Å². The van der Waals surface area contributed by atoms with Gasteiger partial charge in [0, 0.05) is 11.1 Å². The van der Waals surface area contributed by atoms with Gasteiger partial charge in [0.2, 0.25) is 0 Å². The Morgan fingerprint density at radius 2 is 2.06 bits per heavy atom. The molecular formula is C15H14FN. The quantitative estimate of drug-likeness (QED) is 0.725. The number of benzene rings is 1. The first kappa shape index (κ1) is 11.5. The molecule has 0 amide bonds. The third-order valence-corrected chi connectivity index (χ3v) is 2.77. The molecule has 0 saturated carbocycles. The van der Waals surface area contributed by atoms with Crippen molar-refractivity contribution in [1.82, 2.24) is 0 Å². The molecule has 2 heteroatoms. The number of aliphatic imine (C=N–C) groups is 1. The highest BCUT2D eigenvalue weighted by molar-refractivity contribution is 6.12. The van der Waals surface area contributed by atoms with Gasteiger partial charge in [-0.3, -0.25) is 0 Å². The van der Waals surface area contributed by atoms with E-state index in [2.05, 4.69) is 18.2 Å². The molecule has 1 aliphatic heterocycles. The minimum absolute atomic E-state index is 0.215. The van der Waals surface area contributed by atoms with E-state index in [4.69, 9.17) is 0 Å². The maximum atomic E-state index is 13.5.